The molecule has 0 radical (unpaired) electrons. The van der Waals surface area contributed by atoms with E-state index >= 15 is 0 Å². The van der Waals surface area contributed by atoms with Crippen molar-refractivity contribution < 1.29 is 39.9 Å². The highest BCUT2D eigenvalue weighted by atomic mass is 32.2. The zero-order valence-electron chi connectivity index (χ0n) is 14.3. The third-order valence-corrected chi connectivity index (χ3v) is 5.64. The minimum absolute atomic E-state index is 0.344. The van der Waals surface area contributed by atoms with Crippen molar-refractivity contribution >= 4 is 21.4 Å². The first kappa shape index (κ1) is 20.8. The Morgan fingerprint density at radius 2 is 1.72 bits per heavy atom. The summed E-state index contributed by atoms with van der Waals surface area (Å²) in [6.07, 6.45) is -4.11. The van der Waals surface area contributed by atoms with Gasteiger partial charge in [-0.1, -0.05) is 0 Å². The van der Waals surface area contributed by atoms with Crippen molar-refractivity contribution in [2.24, 2.45) is 0 Å². The van der Waals surface area contributed by atoms with Gasteiger partial charge in [0.1, 0.15) is 5.75 Å². The van der Waals surface area contributed by atoms with Crippen LogP contribution in [0, 0.1) is 0 Å². The van der Waals surface area contributed by atoms with Gasteiger partial charge >= 0.3 is 6.36 Å². The second kappa shape index (κ2) is 6.83. The molecular weight excluding hydrogens is 425 g/mol. The van der Waals surface area contributed by atoms with Crippen molar-refractivity contribution in [2.75, 3.05) is 18.8 Å². The van der Waals surface area contributed by atoms with Crippen LogP contribution in [0.5, 0.6) is 5.75 Å². The first-order chi connectivity index (χ1) is 13.3. The molecule has 7 nitrogen and oxygen atoms in total. The number of carbonyl (C=O) groups is 1. The lowest BCUT2D eigenvalue weighted by Crippen LogP contribution is -2.58. The number of hydrogen-bond acceptors (Lipinski definition) is 6. The maximum Gasteiger partial charge on any atom is 0.573 e. The van der Waals surface area contributed by atoms with Gasteiger partial charge in [-0.05, 0) is 30.3 Å². The minimum Gasteiger partial charge on any atom is -0.406 e. The van der Waals surface area contributed by atoms with Crippen LogP contribution in [0.3, 0.4) is 0 Å². The first-order valence-corrected chi connectivity index (χ1v) is 9.30. The molecule has 13 heteroatoms. The highest BCUT2D eigenvalue weighted by molar-refractivity contribution is 7.91. The van der Waals surface area contributed by atoms with E-state index in [1.165, 1.54) is 0 Å². The van der Waals surface area contributed by atoms with Crippen LogP contribution in [0.4, 0.5) is 27.6 Å². The molecule has 0 bridgehead atoms. The average molecular weight is 437 g/mol. The quantitative estimate of drug-likeness (QED) is 0.738. The Morgan fingerprint density at radius 3 is 2.21 bits per heavy atom. The molecule has 1 amide bonds. The molecule has 0 unspecified atom stereocenters. The normalized spacial score (nSPS) is 16.2. The summed E-state index contributed by atoms with van der Waals surface area (Å²) in [5.41, 5.74) is 4.94. The number of benzene rings is 1. The second-order valence-electron chi connectivity index (χ2n) is 6.15. The number of anilines is 1. The fraction of sp³-hybridized carbons (Fsp3) is 0.250. The summed E-state index contributed by atoms with van der Waals surface area (Å²) in [4.78, 5) is 15.8. The van der Waals surface area contributed by atoms with E-state index in [0.29, 0.717) is 0 Å². The lowest BCUT2D eigenvalue weighted by molar-refractivity contribution is -0.274. The van der Waals surface area contributed by atoms with Crippen molar-refractivity contribution in [1.29, 1.82) is 0 Å². The number of hydrogen-bond donors (Lipinski definition) is 1. The largest absolute Gasteiger partial charge is 0.573 e. The number of nitrogens with zero attached hydrogens (tertiary/aromatic N) is 2. The summed E-state index contributed by atoms with van der Waals surface area (Å²) < 4.78 is 91.2. The van der Waals surface area contributed by atoms with Crippen molar-refractivity contribution in [3.05, 3.63) is 42.2 Å². The van der Waals surface area contributed by atoms with Gasteiger partial charge in [0.15, 0.2) is 5.69 Å². The number of halogens is 5. The van der Waals surface area contributed by atoms with Gasteiger partial charge in [-0.2, -0.15) is 0 Å². The standard InChI is InChI=1S/C16H12F5N3O4S/c17-15(18)7-24(8-15)14(25)13-12(22)5-11(6-23-13)29(26,27)10-3-1-9(2-4-10)28-16(19,20)21/h1-6H,7-8,22H2. The molecule has 0 spiro atoms. The third-order valence-electron chi connectivity index (χ3n) is 3.90. The Morgan fingerprint density at radius 1 is 1.14 bits per heavy atom. The van der Waals surface area contributed by atoms with E-state index in [1.54, 1.807) is 0 Å². The number of rotatable bonds is 4. The molecule has 0 atom stereocenters. The van der Waals surface area contributed by atoms with Crippen LogP contribution in [0.15, 0.2) is 46.3 Å². The number of alkyl halides is 5. The topological polar surface area (TPSA) is 103 Å². The fourth-order valence-electron chi connectivity index (χ4n) is 2.55. The van der Waals surface area contributed by atoms with E-state index in [9.17, 15) is 35.2 Å². The molecule has 156 valence electrons. The van der Waals surface area contributed by atoms with Crippen molar-refractivity contribution in [1.82, 2.24) is 9.88 Å². The number of amides is 1. The summed E-state index contributed by atoms with van der Waals surface area (Å²) in [6.45, 7) is -1.58. The van der Waals surface area contributed by atoms with Crippen LogP contribution in [0.1, 0.15) is 10.5 Å². The Bertz CT molecular complexity index is 1050. The van der Waals surface area contributed by atoms with E-state index in [4.69, 9.17) is 5.73 Å². The van der Waals surface area contributed by atoms with Crippen LogP contribution >= 0.6 is 0 Å². The SMILES string of the molecule is Nc1cc(S(=O)(=O)c2ccc(OC(F)(F)F)cc2)cnc1C(=O)N1CC(F)(F)C1. The number of nitrogen functional groups attached to an aromatic ring is 1. The lowest BCUT2D eigenvalue weighted by Gasteiger charge is -2.38. The van der Waals surface area contributed by atoms with Crippen LogP contribution in [-0.4, -0.2) is 49.6 Å². The summed E-state index contributed by atoms with van der Waals surface area (Å²) >= 11 is 0. The first-order valence-electron chi connectivity index (χ1n) is 7.82. The van der Waals surface area contributed by atoms with Gasteiger partial charge in [0.05, 0.1) is 28.6 Å². The number of aromatic nitrogens is 1. The molecule has 2 aromatic rings. The van der Waals surface area contributed by atoms with Crippen LogP contribution in [-0.2, 0) is 9.84 Å². The summed E-state index contributed by atoms with van der Waals surface area (Å²) in [7, 11) is -4.22. The molecular formula is C16H12F5N3O4S. The van der Waals surface area contributed by atoms with E-state index in [2.05, 4.69) is 9.72 Å². The van der Waals surface area contributed by atoms with Crippen LogP contribution in [0.2, 0.25) is 0 Å². The van der Waals surface area contributed by atoms with Crippen LogP contribution in [0.25, 0.3) is 0 Å². The lowest BCUT2D eigenvalue weighted by atomic mass is 10.1. The van der Waals surface area contributed by atoms with Gasteiger partial charge < -0.3 is 15.4 Å². The highest BCUT2D eigenvalue weighted by Crippen LogP contribution is 2.30. The number of likely N-dealkylation sites (tertiary alicyclic amines) is 1. The third kappa shape index (κ3) is 4.39. The molecule has 0 aliphatic carbocycles. The predicted molar refractivity (Wildman–Crippen MR) is 88.1 cm³/mol. The number of ether oxygens (including phenoxy) is 1. The highest BCUT2D eigenvalue weighted by Gasteiger charge is 2.47. The maximum absolute atomic E-state index is 12.9. The molecule has 1 aromatic heterocycles. The van der Waals surface area contributed by atoms with Crippen molar-refractivity contribution in [3.63, 3.8) is 0 Å². The van der Waals surface area contributed by atoms with Crippen molar-refractivity contribution in [3.8, 4) is 5.75 Å². The van der Waals surface area contributed by atoms with E-state index in [0.717, 1.165) is 41.4 Å². The Hall–Kier alpha value is -2.96. The molecule has 1 saturated heterocycles. The summed E-state index contributed by atoms with van der Waals surface area (Å²) in [5.74, 6) is -4.47. The molecule has 1 fully saturated rings. The Balaban J connectivity index is 1.83. The van der Waals surface area contributed by atoms with Gasteiger partial charge in [0.25, 0.3) is 11.8 Å². The molecule has 29 heavy (non-hydrogen) atoms. The molecule has 1 aliphatic heterocycles. The summed E-state index contributed by atoms with van der Waals surface area (Å²) in [6, 6.07) is 4.35. The van der Waals surface area contributed by atoms with Crippen molar-refractivity contribution in [2.45, 2.75) is 22.1 Å². The zero-order chi connectivity index (χ0) is 21.6. The van der Waals surface area contributed by atoms with Gasteiger partial charge in [-0.3, -0.25) is 4.79 Å². The monoisotopic (exact) mass is 437 g/mol. The molecule has 0 saturated carbocycles. The number of carbonyl (C=O) groups excluding carboxylic acids is 1. The molecule has 1 aromatic carbocycles. The molecule has 3 rings (SSSR count). The van der Waals surface area contributed by atoms with E-state index in [-0.39, 0.29) is 16.3 Å². The van der Waals surface area contributed by atoms with Gasteiger partial charge in [-0.15, -0.1) is 13.2 Å². The maximum atomic E-state index is 12.9. The summed E-state index contributed by atoms with van der Waals surface area (Å²) in [5, 5.41) is 0. The smallest absolute Gasteiger partial charge is 0.406 e. The van der Waals surface area contributed by atoms with E-state index in [1.807, 2.05) is 0 Å². The Kier molecular flexibility index (Phi) is 4.89. The van der Waals surface area contributed by atoms with Gasteiger partial charge in [0.2, 0.25) is 9.84 Å². The average Bonchev–Trinajstić information content (AvgIpc) is 2.58. The van der Waals surface area contributed by atoms with E-state index < -0.39 is 51.8 Å². The predicted octanol–water partition coefficient (Wildman–Crippen LogP) is 2.49. The zero-order valence-corrected chi connectivity index (χ0v) is 15.1. The molecule has 1 aliphatic rings. The van der Waals surface area contributed by atoms with Gasteiger partial charge in [-0.25, -0.2) is 22.2 Å². The number of sulfone groups is 1. The van der Waals surface area contributed by atoms with Crippen LogP contribution < -0.4 is 10.5 Å². The molecule has 2 N–H and O–H groups in total. The second-order valence-corrected chi connectivity index (χ2v) is 8.10. The number of pyridine rings is 1. The molecule has 2 heterocycles. The van der Waals surface area contributed by atoms with Gasteiger partial charge in [0, 0.05) is 6.20 Å². The minimum atomic E-state index is -4.93. The Labute approximate surface area is 160 Å². The number of nitrogens with two attached hydrogens (primary N) is 1. The fourth-order valence-corrected chi connectivity index (χ4v) is 3.79.